The zero-order valence-corrected chi connectivity index (χ0v) is 9.49. The van der Waals surface area contributed by atoms with E-state index in [1.54, 1.807) is 0 Å². The van der Waals surface area contributed by atoms with Crippen LogP contribution in [-0.4, -0.2) is 58.6 Å². The quantitative estimate of drug-likeness (QED) is 0.673. The van der Waals surface area contributed by atoms with E-state index in [1.807, 2.05) is 10.0 Å². The van der Waals surface area contributed by atoms with E-state index < -0.39 is 0 Å². The topological polar surface area (TPSA) is 71.7 Å². The summed E-state index contributed by atoms with van der Waals surface area (Å²) in [5, 5.41) is 30.3. The Kier molecular flexibility index (Phi) is 3.95. The molecule has 2 rings (SSSR count). The lowest BCUT2D eigenvalue weighted by molar-refractivity contribution is 0.114. The first kappa shape index (κ1) is 11.6. The summed E-state index contributed by atoms with van der Waals surface area (Å²) in [6, 6.07) is 0.248. The molecule has 6 heteroatoms. The number of hydrogen-bond donors (Lipinski definition) is 2. The average molecular weight is 228 g/mol. The molecule has 6 nitrogen and oxygen atoms in total. The summed E-state index contributed by atoms with van der Waals surface area (Å²) in [7, 11) is 0. The second-order valence-corrected chi connectivity index (χ2v) is 4.46. The molecule has 0 bridgehead atoms. The minimum absolute atomic E-state index is 0.124. The van der Waals surface area contributed by atoms with Crippen LogP contribution in [0, 0.1) is 0 Å². The minimum atomic E-state index is 0.124. The Bertz CT molecular complexity index is 225. The summed E-state index contributed by atoms with van der Waals surface area (Å²) >= 11 is 0. The fourth-order valence-electron chi connectivity index (χ4n) is 2.35. The number of aliphatic hydroxyl groups is 2. The fraction of sp³-hybridized carbons (Fsp3) is 1.00. The van der Waals surface area contributed by atoms with E-state index in [1.165, 1.54) is 0 Å². The van der Waals surface area contributed by atoms with Gasteiger partial charge in [0.05, 0.1) is 25.3 Å². The zero-order valence-electron chi connectivity index (χ0n) is 9.49. The summed E-state index contributed by atoms with van der Waals surface area (Å²) < 4.78 is 0. The molecule has 0 saturated carbocycles. The van der Waals surface area contributed by atoms with Crippen LogP contribution in [0.15, 0.2) is 10.4 Å². The Morgan fingerprint density at radius 1 is 0.875 bits per heavy atom. The molecule has 0 radical (unpaired) electrons. The Morgan fingerprint density at radius 3 is 1.69 bits per heavy atom. The molecule has 2 aliphatic heterocycles. The van der Waals surface area contributed by atoms with Crippen LogP contribution in [0.1, 0.15) is 25.7 Å². The zero-order chi connectivity index (χ0) is 11.4. The van der Waals surface area contributed by atoms with Gasteiger partial charge in [0.25, 0.3) is 0 Å². The molecule has 0 aromatic heterocycles. The highest BCUT2D eigenvalue weighted by atomic mass is 16.3. The Balaban J connectivity index is 1.88. The van der Waals surface area contributed by atoms with E-state index >= 15 is 0 Å². The van der Waals surface area contributed by atoms with Gasteiger partial charge in [0.1, 0.15) is 0 Å². The van der Waals surface area contributed by atoms with Crippen LogP contribution in [0.4, 0.5) is 0 Å². The van der Waals surface area contributed by atoms with Crippen molar-refractivity contribution < 1.29 is 10.2 Å². The van der Waals surface area contributed by atoms with Crippen LogP contribution >= 0.6 is 0 Å². The third kappa shape index (κ3) is 2.44. The Hall–Kier alpha value is -0.880. The molecule has 0 aromatic rings. The maximum absolute atomic E-state index is 9.13. The van der Waals surface area contributed by atoms with Crippen molar-refractivity contribution in [2.45, 2.75) is 37.8 Å². The number of aliphatic hydroxyl groups excluding tert-OH is 2. The van der Waals surface area contributed by atoms with Gasteiger partial charge in [-0.25, -0.2) is 0 Å². The third-order valence-electron chi connectivity index (χ3n) is 3.38. The van der Waals surface area contributed by atoms with E-state index in [2.05, 4.69) is 10.4 Å². The molecule has 92 valence electrons. The van der Waals surface area contributed by atoms with Crippen LogP contribution in [0.5, 0.6) is 0 Å². The fourth-order valence-corrected chi connectivity index (χ4v) is 2.35. The summed E-state index contributed by atoms with van der Waals surface area (Å²) in [6.45, 7) is 2.02. The molecule has 2 N–H and O–H groups in total. The van der Waals surface area contributed by atoms with Crippen molar-refractivity contribution in [3.8, 4) is 0 Å². The molecule has 0 aromatic carbocycles. The van der Waals surface area contributed by atoms with Gasteiger partial charge in [0.15, 0.2) is 0 Å². The predicted molar refractivity (Wildman–Crippen MR) is 58.5 cm³/mol. The van der Waals surface area contributed by atoms with E-state index in [4.69, 9.17) is 10.2 Å². The van der Waals surface area contributed by atoms with Crippen molar-refractivity contribution in [1.82, 2.24) is 10.0 Å². The van der Waals surface area contributed by atoms with E-state index in [0.717, 1.165) is 38.8 Å². The lowest BCUT2D eigenvalue weighted by Crippen LogP contribution is -2.30. The van der Waals surface area contributed by atoms with Crippen molar-refractivity contribution >= 4 is 0 Å². The number of nitrogens with zero attached hydrogens (tertiary/aromatic N) is 4. The van der Waals surface area contributed by atoms with Crippen LogP contribution < -0.4 is 0 Å². The van der Waals surface area contributed by atoms with Gasteiger partial charge in [-0.05, 0) is 25.7 Å². The van der Waals surface area contributed by atoms with Gasteiger partial charge in [-0.15, -0.1) is 0 Å². The van der Waals surface area contributed by atoms with Gasteiger partial charge >= 0.3 is 0 Å². The van der Waals surface area contributed by atoms with Crippen molar-refractivity contribution in [2.24, 2.45) is 10.4 Å². The van der Waals surface area contributed by atoms with Crippen LogP contribution in [-0.2, 0) is 0 Å². The first-order valence-corrected chi connectivity index (χ1v) is 6.01. The lowest BCUT2D eigenvalue weighted by atomic mass is 10.2. The monoisotopic (exact) mass is 228 g/mol. The average Bonchev–Trinajstić information content (AvgIpc) is 2.94. The van der Waals surface area contributed by atoms with Gasteiger partial charge in [-0.2, -0.15) is 0 Å². The molecule has 0 unspecified atom stereocenters. The Morgan fingerprint density at radius 2 is 1.31 bits per heavy atom. The first-order valence-electron chi connectivity index (χ1n) is 6.01. The third-order valence-corrected chi connectivity index (χ3v) is 3.38. The summed E-state index contributed by atoms with van der Waals surface area (Å²) in [4.78, 5) is 0. The molecule has 0 aliphatic carbocycles. The van der Waals surface area contributed by atoms with Gasteiger partial charge < -0.3 is 10.2 Å². The molecule has 2 heterocycles. The highest BCUT2D eigenvalue weighted by Crippen LogP contribution is 2.20. The molecule has 16 heavy (non-hydrogen) atoms. The Labute approximate surface area is 95.5 Å². The second kappa shape index (κ2) is 5.45. The lowest BCUT2D eigenvalue weighted by Gasteiger charge is -2.21. The molecule has 2 atom stereocenters. The van der Waals surface area contributed by atoms with Crippen LogP contribution in [0.2, 0.25) is 0 Å². The number of hydrogen-bond acceptors (Lipinski definition) is 4. The summed E-state index contributed by atoms with van der Waals surface area (Å²) in [6.07, 6.45) is 4.10. The molecule has 0 amide bonds. The summed E-state index contributed by atoms with van der Waals surface area (Å²) in [5.41, 5.74) is 0. The predicted octanol–water partition coefficient (Wildman–Crippen LogP) is 0.182. The number of rotatable bonds is 4. The smallest absolute Gasteiger partial charge is 0.0719 e. The first-order chi connectivity index (χ1) is 7.85. The standard InChI is InChI=1S/C10H20N4O2/c15-7-9-3-1-5-13(9)11-12-14-6-2-4-10(14)8-16/h9-10,15-16H,1-8H2/b12-11+/t9-,10-/m0/s1. The maximum Gasteiger partial charge on any atom is 0.0719 e. The van der Waals surface area contributed by atoms with E-state index in [0.29, 0.717) is 0 Å². The maximum atomic E-state index is 9.13. The van der Waals surface area contributed by atoms with Crippen LogP contribution in [0.25, 0.3) is 0 Å². The normalized spacial score (nSPS) is 30.9. The molecule has 2 fully saturated rings. The van der Waals surface area contributed by atoms with Crippen molar-refractivity contribution in [3.05, 3.63) is 0 Å². The van der Waals surface area contributed by atoms with Crippen molar-refractivity contribution in [2.75, 3.05) is 26.3 Å². The van der Waals surface area contributed by atoms with Gasteiger partial charge in [0, 0.05) is 13.1 Å². The van der Waals surface area contributed by atoms with E-state index in [-0.39, 0.29) is 25.3 Å². The minimum Gasteiger partial charge on any atom is -0.394 e. The summed E-state index contributed by atoms with van der Waals surface area (Å²) in [5.74, 6) is 0. The molecule has 2 aliphatic rings. The SMILES string of the molecule is OC[C@@H]1CCCN1/N=N/N1CCC[C@H]1CO. The van der Waals surface area contributed by atoms with E-state index in [9.17, 15) is 0 Å². The highest BCUT2D eigenvalue weighted by molar-refractivity contribution is 4.76. The molecular formula is C10H20N4O2. The van der Waals surface area contributed by atoms with Crippen molar-refractivity contribution in [3.63, 3.8) is 0 Å². The highest BCUT2D eigenvalue weighted by Gasteiger charge is 2.25. The second-order valence-electron chi connectivity index (χ2n) is 4.46. The van der Waals surface area contributed by atoms with Crippen molar-refractivity contribution in [1.29, 1.82) is 0 Å². The molecule has 2 saturated heterocycles. The van der Waals surface area contributed by atoms with Gasteiger partial charge in [-0.3, -0.25) is 10.0 Å². The molecule has 0 spiro atoms. The van der Waals surface area contributed by atoms with Crippen LogP contribution in [0.3, 0.4) is 0 Å². The van der Waals surface area contributed by atoms with Gasteiger partial charge in [0.2, 0.25) is 0 Å². The van der Waals surface area contributed by atoms with Gasteiger partial charge in [-0.1, -0.05) is 10.4 Å². The molecular weight excluding hydrogens is 208 g/mol. The largest absolute Gasteiger partial charge is 0.394 e.